The third-order valence-electron chi connectivity index (χ3n) is 5.13. The fraction of sp³-hybridized carbons (Fsp3) is 0.417. The van der Waals surface area contributed by atoms with Crippen molar-refractivity contribution in [3.63, 3.8) is 0 Å². The third-order valence-corrected chi connectivity index (χ3v) is 6.96. The largest absolute Gasteiger partial charge is 0.365 e. The molecule has 4 aromatic rings. The molecule has 8 nitrogen and oxygen atoms in total. The molecule has 0 radical (unpaired) electrons. The summed E-state index contributed by atoms with van der Waals surface area (Å²) in [6.45, 7) is 3.06. The van der Waals surface area contributed by atoms with E-state index < -0.39 is 0 Å². The Balaban J connectivity index is 0.000000191. The van der Waals surface area contributed by atoms with Crippen molar-refractivity contribution in [2.75, 3.05) is 40.4 Å². The molecule has 0 aliphatic rings. The van der Waals surface area contributed by atoms with Gasteiger partial charge in [-0.25, -0.2) is 0 Å². The van der Waals surface area contributed by atoms with Crippen LogP contribution in [0.3, 0.4) is 0 Å². The molecule has 0 saturated heterocycles. The average molecular weight is 503 g/mol. The van der Waals surface area contributed by atoms with Crippen LogP contribution in [0.2, 0.25) is 0 Å². The molecule has 4 rings (SSSR count). The normalized spacial score (nSPS) is 12.8. The topological polar surface area (TPSA) is 78.2 Å². The number of aryl methyl sites for hydroxylation is 2. The van der Waals surface area contributed by atoms with Crippen LogP contribution in [-0.2, 0) is 23.6 Å². The second kappa shape index (κ2) is 14.1. The summed E-state index contributed by atoms with van der Waals surface area (Å²) in [5.74, 6) is 0. The predicted octanol–water partition coefficient (Wildman–Crippen LogP) is 3.61. The van der Waals surface area contributed by atoms with E-state index in [0.717, 1.165) is 24.5 Å². The van der Waals surface area contributed by atoms with Crippen LogP contribution in [-0.4, -0.2) is 60.0 Å². The fourth-order valence-electron chi connectivity index (χ4n) is 3.35. The quantitative estimate of drug-likeness (QED) is 0.288. The van der Waals surface area contributed by atoms with Crippen molar-refractivity contribution in [2.45, 2.75) is 12.2 Å². The Hall–Kier alpha value is -2.34. The van der Waals surface area contributed by atoms with E-state index in [0.29, 0.717) is 13.2 Å². The van der Waals surface area contributed by atoms with Crippen molar-refractivity contribution in [3.8, 4) is 0 Å². The lowest BCUT2D eigenvalue weighted by Crippen LogP contribution is -2.18. The van der Waals surface area contributed by atoms with E-state index in [-0.39, 0.29) is 12.2 Å². The second-order valence-electron chi connectivity index (χ2n) is 7.50. The van der Waals surface area contributed by atoms with Crippen LogP contribution in [0.25, 0.3) is 0 Å². The molecule has 2 N–H and O–H groups in total. The van der Waals surface area contributed by atoms with E-state index in [1.165, 1.54) is 9.75 Å². The van der Waals surface area contributed by atoms with Gasteiger partial charge in [0, 0.05) is 49.3 Å². The zero-order chi connectivity index (χ0) is 24.2. The highest BCUT2D eigenvalue weighted by Crippen LogP contribution is 2.29. The lowest BCUT2D eigenvalue weighted by Gasteiger charge is -2.16. The standard InChI is InChI=1S/2C12H17N3OS/c2*1-13-7-8-16-12(11-4-3-9-17-11)10-5-6-14-15(10)2/h2*3-6,9,12-13H,7-8H2,1-2H3. The van der Waals surface area contributed by atoms with Gasteiger partial charge in [-0.15, -0.1) is 22.7 Å². The minimum absolute atomic E-state index is 0.0177. The van der Waals surface area contributed by atoms with Crippen LogP contribution in [0.5, 0.6) is 0 Å². The Morgan fingerprint density at radius 1 is 0.765 bits per heavy atom. The molecule has 4 heterocycles. The molecule has 0 spiro atoms. The van der Waals surface area contributed by atoms with Crippen molar-refractivity contribution >= 4 is 22.7 Å². The van der Waals surface area contributed by atoms with Crippen LogP contribution >= 0.6 is 22.7 Å². The number of rotatable bonds is 12. The Bertz CT molecular complexity index is 961. The molecule has 0 amide bonds. The average Bonchev–Trinajstić information content (AvgIpc) is 3.65. The summed E-state index contributed by atoms with van der Waals surface area (Å²) < 4.78 is 15.6. The summed E-state index contributed by atoms with van der Waals surface area (Å²) in [5.41, 5.74) is 2.17. The molecule has 184 valence electrons. The lowest BCUT2D eigenvalue weighted by molar-refractivity contribution is 0.0799. The van der Waals surface area contributed by atoms with Crippen molar-refractivity contribution in [3.05, 3.63) is 80.7 Å². The van der Waals surface area contributed by atoms with Gasteiger partial charge in [0.05, 0.1) is 24.6 Å². The van der Waals surface area contributed by atoms with Crippen LogP contribution in [0.15, 0.2) is 59.6 Å². The minimum atomic E-state index is -0.0177. The number of likely N-dealkylation sites (N-methyl/N-ethyl adjacent to an activating group) is 2. The van der Waals surface area contributed by atoms with Crippen molar-refractivity contribution in [2.24, 2.45) is 14.1 Å². The van der Waals surface area contributed by atoms with Gasteiger partial charge >= 0.3 is 0 Å². The SMILES string of the molecule is CNCCOC(c1cccs1)c1ccnn1C.CNCCOC(c1cccs1)c1ccnn1C. The number of nitrogens with one attached hydrogen (secondary N) is 2. The highest BCUT2D eigenvalue weighted by atomic mass is 32.1. The minimum Gasteiger partial charge on any atom is -0.365 e. The molecule has 0 aliphatic heterocycles. The maximum atomic E-state index is 5.94. The first-order chi connectivity index (χ1) is 16.7. The first kappa shape index (κ1) is 26.3. The van der Waals surface area contributed by atoms with Gasteiger partial charge in [-0.05, 0) is 49.1 Å². The first-order valence-electron chi connectivity index (χ1n) is 11.2. The van der Waals surface area contributed by atoms with Crippen LogP contribution in [0, 0.1) is 0 Å². The van der Waals surface area contributed by atoms with Crippen molar-refractivity contribution in [1.82, 2.24) is 30.2 Å². The monoisotopic (exact) mass is 502 g/mol. The molecule has 34 heavy (non-hydrogen) atoms. The Morgan fingerprint density at radius 2 is 1.21 bits per heavy atom. The lowest BCUT2D eigenvalue weighted by atomic mass is 10.2. The van der Waals surface area contributed by atoms with Gasteiger partial charge in [0.15, 0.2) is 0 Å². The van der Waals surface area contributed by atoms with Gasteiger partial charge in [0.1, 0.15) is 12.2 Å². The number of hydrogen-bond acceptors (Lipinski definition) is 8. The molecular formula is C24H34N6O2S2. The number of nitrogens with zero attached hydrogens (tertiary/aromatic N) is 4. The van der Waals surface area contributed by atoms with Crippen LogP contribution in [0.1, 0.15) is 33.4 Å². The number of thiophene rings is 2. The van der Waals surface area contributed by atoms with Crippen molar-refractivity contribution in [1.29, 1.82) is 0 Å². The maximum absolute atomic E-state index is 5.94. The summed E-state index contributed by atoms with van der Waals surface area (Å²) in [7, 11) is 7.73. The molecule has 2 atom stereocenters. The van der Waals surface area contributed by atoms with Gasteiger partial charge in [-0.1, -0.05) is 12.1 Å². The first-order valence-corrected chi connectivity index (χ1v) is 13.0. The molecule has 0 aromatic carbocycles. The van der Waals surface area contributed by atoms with Crippen LogP contribution < -0.4 is 10.6 Å². The second-order valence-corrected chi connectivity index (χ2v) is 9.46. The highest BCUT2D eigenvalue weighted by molar-refractivity contribution is 7.10. The molecule has 10 heteroatoms. The summed E-state index contributed by atoms with van der Waals surface area (Å²) in [4.78, 5) is 2.43. The van der Waals surface area contributed by atoms with Crippen molar-refractivity contribution < 1.29 is 9.47 Å². The van der Waals surface area contributed by atoms with Crippen LogP contribution in [0.4, 0.5) is 0 Å². The summed E-state index contributed by atoms with van der Waals surface area (Å²) in [6.07, 6.45) is 3.57. The van der Waals surface area contributed by atoms with E-state index in [1.807, 2.05) is 61.8 Å². The van der Waals surface area contributed by atoms with E-state index in [4.69, 9.17) is 9.47 Å². The number of ether oxygens (including phenoxy) is 2. The Labute approximate surface area is 209 Å². The van der Waals surface area contributed by atoms with Gasteiger partial charge in [0.25, 0.3) is 0 Å². The smallest absolute Gasteiger partial charge is 0.133 e. The highest BCUT2D eigenvalue weighted by Gasteiger charge is 2.19. The molecule has 0 aliphatic carbocycles. The number of aromatic nitrogens is 4. The molecule has 0 bridgehead atoms. The molecular weight excluding hydrogens is 468 g/mol. The fourth-order valence-corrected chi connectivity index (χ4v) is 4.92. The molecule has 2 unspecified atom stereocenters. The Morgan fingerprint density at radius 3 is 1.50 bits per heavy atom. The molecule has 4 aromatic heterocycles. The van der Waals surface area contributed by atoms with Gasteiger partial charge in [0.2, 0.25) is 0 Å². The van der Waals surface area contributed by atoms with Gasteiger partial charge < -0.3 is 20.1 Å². The van der Waals surface area contributed by atoms with E-state index in [2.05, 4.69) is 43.7 Å². The van der Waals surface area contributed by atoms with Gasteiger partial charge in [-0.2, -0.15) is 10.2 Å². The zero-order valence-corrected chi connectivity index (χ0v) is 21.8. The molecule has 0 fully saturated rings. The zero-order valence-electron chi connectivity index (χ0n) is 20.2. The summed E-state index contributed by atoms with van der Waals surface area (Å²) in [6, 6.07) is 12.3. The summed E-state index contributed by atoms with van der Waals surface area (Å²) in [5, 5.41) is 18.7. The number of hydrogen-bond donors (Lipinski definition) is 2. The van der Waals surface area contributed by atoms with E-state index in [9.17, 15) is 0 Å². The Kier molecular flexibility index (Phi) is 10.9. The summed E-state index contributed by atoms with van der Waals surface area (Å²) >= 11 is 3.42. The van der Waals surface area contributed by atoms with E-state index in [1.54, 1.807) is 35.1 Å². The third kappa shape index (κ3) is 7.33. The van der Waals surface area contributed by atoms with E-state index >= 15 is 0 Å². The molecule has 0 saturated carbocycles. The maximum Gasteiger partial charge on any atom is 0.133 e. The predicted molar refractivity (Wildman–Crippen MR) is 138 cm³/mol. The van der Waals surface area contributed by atoms with Gasteiger partial charge in [-0.3, -0.25) is 9.36 Å².